The van der Waals surface area contributed by atoms with E-state index < -0.39 is 54.0 Å². The summed E-state index contributed by atoms with van der Waals surface area (Å²) in [5, 5.41) is 9.93. The minimum absolute atomic E-state index is 0.00446. The molecular weight excluding hydrogens is 543 g/mol. The van der Waals surface area contributed by atoms with Gasteiger partial charge in [0.25, 0.3) is 0 Å². The fourth-order valence-electron chi connectivity index (χ4n) is 3.21. The molecule has 3 nitrogen and oxygen atoms in total. The minimum atomic E-state index is -5.98. The lowest BCUT2D eigenvalue weighted by molar-refractivity contribution is -0.289. The van der Waals surface area contributed by atoms with Crippen molar-refractivity contribution in [3.05, 3.63) is 83.9 Å². The summed E-state index contributed by atoms with van der Waals surface area (Å²) in [5.41, 5.74) is -2.78. The first kappa shape index (κ1) is 29.0. The Morgan fingerprint density at radius 1 is 0.684 bits per heavy atom. The zero-order valence-electron chi connectivity index (χ0n) is 18.7. The van der Waals surface area contributed by atoms with Crippen LogP contribution in [0.25, 0.3) is 11.1 Å². The van der Waals surface area contributed by atoms with Crippen LogP contribution in [0, 0.1) is 0 Å². The van der Waals surface area contributed by atoms with Gasteiger partial charge in [0, 0.05) is 5.56 Å². The van der Waals surface area contributed by atoms with Gasteiger partial charge < -0.3 is 9.94 Å². The Hall–Kier alpha value is -3.55. The zero-order chi connectivity index (χ0) is 28.5. The quantitative estimate of drug-likeness (QED) is 0.237. The predicted octanol–water partition coefficient (Wildman–Crippen LogP) is 7.75. The van der Waals surface area contributed by atoms with Gasteiger partial charge in [0.15, 0.2) is 11.9 Å². The van der Waals surface area contributed by atoms with Crippen LogP contribution in [0.1, 0.15) is 11.1 Å². The zero-order valence-corrected chi connectivity index (χ0v) is 18.7. The number of anilines is 1. The summed E-state index contributed by atoms with van der Waals surface area (Å²) in [6.45, 7) is -1.37. The molecule has 0 aliphatic carbocycles. The van der Waals surface area contributed by atoms with Gasteiger partial charge in [0.05, 0.1) is 17.8 Å². The van der Waals surface area contributed by atoms with Gasteiger partial charge in [0.1, 0.15) is 0 Å². The summed E-state index contributed by atoms with van der Waals surface area (Å²) in [6.07, 6.45) is -18.9. The molecule has 0 radical (unpaired) electrons. The molecule has 0 bridgehead atoms. The molecule has 14 heteroatoms. The second-order valence-electron chi connectivity index (χ2n) is 7.94. The maximum Gasteiger partial charge on any atom is 0.458 e. The standard InChI is InChI=1S/C24H16F11NO2/c25-21(26,24(33,34)35)16-6-3-9-19(12-16)38-36(13-20(37)23(30,31)32)18-8-2-5-15(11-18)14-4-1-7-17(10-14)22(27,28)29/h1-12,20,37H,13H2/t20-/m0/s1. The SMILES string of the molecule is O[C@@H](CN(Oc1cccc(C(F)(F)C(F)(F)F)c1)c1cccc(-c2cccc(C(F)(F)F)c2)c1)C(F)(F)F. The van der Waals surface area contributed by atoms with Crippen molar-refractivity contribution in [2.24, 2.45) is 0 Å². The predicted molar refractivity (Wildman–Crippen MR) is 113 cm³/mol. The van der Waals surface area contributed by atoms with Gasteiger partial charge in [-0.2, -0.15) is 48.3 Å². The number of aliphatic hydroxyl groups excluding tert-OH is 1. The lowest BCUT2D eigenvalue weighted by Crippen LogP contribution is -2.42. The Morgan fingerprint density at radius 3 is 1.82 bits per heavy atom. The highest BCUT2D eigenvalue weighted by Crippen LogP contribution is 2.44. The average Bonchev–Trinajstić information content (AvgIpc) is 2.82. The van der Waals surface area contributed by atoms with E-state index in [1.807, 2.05) is 0 Å². The topological polar surface area (TPSA) is 32.7 Å². The summed E-state index contributed by atoms with van der Waals surface area (Å²) in [6, 6.07) is 11.1. The number of rotatable bonds is 7. The minimum Gasteiger partial charge on any atom is -0.382 e. The molecule has 38 heavy (non-hydrogen) atoms. The van der Waals surface area contributed by atoms with Crippen LogP contribution in [0.5, 0.6) is 5.75 Å². The lowest BCUT2D eigenvalue weighted by atomic mass is 10.0. The van der Waals surface area contributed by atoms with E-state index in [0.717, 1.165) is 42.5 Å². The van der Waals surface area contributed by atoms with E-state index in [-0.39, 0.29) is 22.9 Å². The maximum atomic E-state index is 13.8. The monoisotopic (exact) mass is 559 g/mol. The largest absolute Gasteiger partial charge is 0.458 e. The van der Waals surface area contributed by atoms with Crippen molar-refractivity contribution >= 4 is 5.69 Å². The Balaban J connectivity index is 2.02. The molecule has 3 aromatic rings. The van der Waals surface area contributed by atoms with Gasteiger partial charge >= 0.3 is 24.5 Å². The molecule has 0 spiro atoms. The number of aliphatic hydroxyl groups is 1. The van der Waals surface area contributed by atoms with Crippen molar-refractivity contribution in [3.63, 3.8) is 0 Å². The number of halogens is 11. The van der Waals surface area contributed by atoms with Gasteiger partial charge in [-0.15, -0.1) is 0 Å². The molecule has 1 atom stereocenters. The summed E-state index contributed by atoms with van der Waals surface area (Å²) in [4.78, 5) is 5.18. The van der Waals surface area contributed by atoms with Crippen LogP contribution >= 0.6 is 0 Å². The molecule has 1 N–H and O–H groups in total. The average molecular weight is 559 g/mol. The van der Waals surface area contributed by atoms with Crippen molar-refractivity contribution in [1.29, 1.82) is 0 Å². The van der Waals surface area contributed by atoms with Crippen molar-refractivity contribution in [1.82, 2.24) is 0 Å². The van der Waals surface area contributed by atoms with Crippen LogP contribution in [0.3, 0.4) is 0 Å². The van der Waals surface area contributed by atoms with Crippen molar-refractivity contribution in [3.8, 4) is 16.9 Å². The highest BCUT2D eigenvalue weighted by atomic mass is 19.4. The van der Waals surface area contributed by atoms with Gasteiger partial charge in [-0.3, -0.25) is 0 Å². The van der Waals surface area contributed by atoms with Crippen LogP contribution in [-0.2, 0) is 12.1 Å². The maximum absolute atomic E-state index is 13.8. The Morgan fingerprint density at radius 2 is 1.24 bits per heavy atom. The highest BCUT2D eigenvalue weighted by molar-refractivity contribution is 5.69. The molecule has 0 fully saturated rings. The number of hydrogen-bond acceptors (Lipinski definition) is 3. The van der Waals surface area contributed by atoms with Crippen LogP contribution in [0.4, 0.5) is 54.0 Å². The number of nitrogens with zero attached hydrogens (tertiary/aromatic N) is 1. The molecule has 0 aliphatic rings. The van der Waals surface area contributed by atoms with Crippen LogP contribution in [0.2, 0.25) is 0 Å². The normalized spacial score (nSPS) is 13.8. The third-order valence-corrected chi connectivity index (χ3v) is 5.14. The van der Waals surface area contributed by atoms with E-state index in [1.165, 1.54) is 18.2 Å². The summed E-state index contributed by atoms with van der Waals surface area (Å²) in [5.74, 6) is -6.04. The summed E-state index contributed by atoms with van der Waals surface area (Å²) in [7, 11) is 0. The third-order valence-electron chi connectivity index (χ3n) is 5.14. The lowest BCUT2D eigenvalue weighted by Gasteiger charge is -2.28. The molecule has 0 aliphatic heterocycles. The number of hydroxylamine groups is 1. The second-order valence-corrected chi connectivity index (χ2v) is 7.94. The molecule has 0 unspecified atom stereocenters. The van der Waals surface area contributed by atoms with E-state index in [0.29, 0.717) is 11.1 Å². The summed E-state index contributed by atoms with van der Waals surface area (Å²) < 4.78 is 144. The summed E-state index contributed by atoms with van der Waals surface area (Å²) >= 11 is 0. The smallest absolute Gasteiger partial charge is 0.382 e. The first-order valence-corrected chi connectivity index (χ1v) is 10.4. The van der Waals surface area contributed by atoms with E-state index in [2.05, 4.69) is 0 Å². The molecule has 0 saturated carbocycles. The van der Waals surface area contributed by atoms with Crippen molar-refractivity contribution in [2.45, 2.75) is 30.6 Å². The molecule has 0 aromatic heterocycles. The molecule has 0 saturated heterocycles. The number of benzene rings is 3. The Labute approximate surface area is 207 Å². The molecule has 0 heterocycles. The molecule has 3 aromatic carbocycles. The molecule has 0 amide bonds. The van der Waals surface area contributed by atoms with Gasteiger partial charge in [-0.1, -0.05) is 36.4 Å². The van der Waals surface area contributed by atoms with E-state index in [1.54, 1.807) is 0 Å². The van der Waals surface area contributed by atoms with Crippen LogP contribution < -0.4 is 9.90 Å². The van der Waals surface area contributed by atoms with Crippen molar-refractivity contribution in [2.75, 3.05) is 11.6 Å². The molecular formula is C24H16F11NO2. The number of alkyl halides is 11. The first-order valence-electron chi connectivity index (χ1n) is 10.4. The second kappa shape index (κ2) is 10.3. The molecule has 206 valence electrons. The van der Waals surface area contributed by atoms with E-state index >= 15 is 0 Å². The third kappa shape index (κ3) is 6.65. The Kier molecular flexibility index (Phi) is 7.87. The van der Waals surface area contributed by atoms with E-state index in [4.69, 9.17) is 4.84 Å². The van der Waals surface area contributed by atoms with Gasteiger partial charge in [-0.25, -0.2) is 5.06 Å². The fraction of sp³-hybridized carbons (Fsp3) is 0.250. The molecule has 3 rings (SSSR count). The van der Waals surface area contributed by atoms with Crippen LogP contribution in [-0.4, -0.2) is 30.1 Å². The highest BCUT2D eigenvalue weighted by Gasteiger charge is 2.58. The first-order chi connectivity index (χ1) is 17.4. The van der Waals surface area contributed by atoms with Gasteiger partial charge in [-0.05, 0) is 47.5 Å². The number of hydrogen-bond donors (Lipinski definition) is 1. The fourth-order valence-corrected chi connectivity index (χ4v) is 3.21. The van der Waals surface area contributed by atoms with Crippen molar-refractivity contribution < 1.29 is 58.2 Å². The Bertz CT molecular complexity index is 1250. The van der Waals surface area contributed by atoms with Crippen LogP contribution in [0.15, 0.2) is 72.8 Å². The van der Waals surface area contributed by atoms with E-state index in [9.17, 15) is 53.4 Å². The van der Waals surface area contributed by atoms with Gasteiger partial charge in [0.2, 0.25) is 0 Å².